The van der Waals surface area contributed by atoms with Crippen LogP contribution in [-0.4, -0.2) is 50.7 Å². The molecule has 1 amide bonds. The number of halogens is 1. The lowest BCUT2D eigenvalue weighted by molar-refractivity contribution is 0.0831. The van der Waals surface area contributed by atoms with Gasteiger partial charge in [-0.3, -0.25) is 0 Å². The number of nitrogens with zero attached hydrogens (tertiary/aromatic N) is 3. The smallest absolute Gasteiger partial charge is 0.407 e. The van der Waals surface area contributed by atoms with E-state index in [-0.39, 0.29) is 12.5 Å². The number of aryl methyl sites for hydroxylation is 1. The summed E-state index contributed by atoms with van der Waals surface area (Å²) in [6.45, 7) is 0.405. The third-order valence-electron chi connectivity index (χ3n) is 3.15. The van der Waals surface area contributed by atoms with Crippen LogP contribution in [0.25, 0.3) is 0 Å². The highest BCUT2D eigenvalue weighted by Crippen LogP contribution is 2.27. The molecule has 1 aromatic rings. The van der Waals surface area contributed by atoms with Gasteiger partial charge in [-0.05, 0) is 6.42 Å². The first-order chi connectivity index (χ1) is 8.58. The molecule has 0 unspecified atom stereocenters. The molecule has 1 aliphatic heterocycles. The number of aromatic nitrogens is 2. The molecule has 1 aromatic heterocycles. The predicted molar refractivity (Wildman–Crippen MR) is 66.5 cm³/mol. The normalized spacial score (nSPS) is 24.2. The molecular weight excluding hydrogens is 257 g/mol. The van der Waals surface area contributed by atoms with Gasteiger partial charge in [-0.15, -0.1) is 0 Å². The number of thioether (sulfide) groups is 1. The number of alkyl halides is 1. The van der Waals surface area contributed by atoms with Crippen LogP contribution in [0.1, 0.15) is 6.42 Å². The summed E-state index contributed by atoms with van der Waals surface area (Å²) in [6, 6.07) is 0. The zero-order chi connectivity index (χ0) is 13.1. The molecular formula is C11H16FN3O2S. The molecule has 0 saturated carbocycles. The van der Waals surface area contributed by atoms with Crippen molar-refractivity contribution in [2.45, 2.75) is 17.7 Å². The second kappa shape index (κ2) is 5.60. The molecule has 0 radical (unpaired) electrons. The highest BCUT2D eigenvalue weighted by atomic mass is 32.2. The molecule has 1 saturated heterocycles. The zero-order valence-electron chi connectivity index (χ0n) is 10.1. The predicted octanol–water partition coefficient (Wildman–Crippen LogP) is 1.85. The summed E-state index contributed by atoms with van der Waals surface area (Å²) in [6.07, 6.45) is 2.02. The quantitative estimate of drug-likeness (QED) is 0.854. The highest BCUT2D eigenvalue weighted by Gasteiger charge is 2.31. The van der Waals surface area contributed by atoms with Gasteiger partial charge in [0.25, 0.3) is 0 Å². The summed E-state index contributed by atoms with van der Waals surface area (Å²) < 4.78 is 15.7. The Hall–Kier alpha value is -1.24. The van der Waals surface area contributed by atoms with Crippen LogP contribution < -0.4 is 0 Å². The third kappa shape index (κ3) is 2.95. The molecule has 0 spiro atoms. The Bertz CT molecular complexity index is 426. The van der Waals surface area contributed by atoms with Crippen molar-refractivity contribution in [1.29, 1.82) is 0 Å². The van der Waals surface area contributed by atoms with Crippen LogP contribution in [0.15, 0.2) is 17.6 Å². The number of amides is 1. The van der Waals surface area contributed by atoms with E-state index in [1.165, 1.54) is 11.8 Å². The Balaban J connectivity index is 1.84. The SMILES string of the molecule is Cn1ccnc1SC[C@@H]1CCN(C(=O)O)C[C@H]1F. The van der Waals surface area contributed by atoms with Crippen LogP contribution in [-0.2, 0) is 7.05 Å². The van der Waals surface area contributed by atoms with Crippen LogP contribution in [0.5, 0.6) is 0 Å². The average molecular weight is 273 g/mol. The van der Waals surface area contributed by atoms with Crippen molar-refractivity contribution in [2.75, 3.05) is 18.8 Å². The van der Waals surface area contributed by atoms with E-state index in [1.807, 2.05) is 17.8 Å². The number of imidazole rings is 1. The van der Waals surface area contributed by atoms with Crippen LogP contribution in [0.3, 0.4) is 0 Å². The summed E-state index contributed by atoms with van der Waals surface area (Å²) in [4.78, 5) is 16.0. The zero-order valence-corrected chi connectivity index (χ0v) is 10.9. The fourth-order valence-electron chi connectivity index (χ4n) is 1.99. The molecule has 1 fully saturated rings. The second-order valence-electron chi connectivity index (χ2n) is 4.43. The topological polar surface area (TPSA) is 58.4 Å². The Morgan fingerprint density at radius 2 is 2.50 bits per heavy atom. The molecule has 5 nitrogen and oxygen atoms in total. The number of hydrogen-bond acceptors (Lipinski definition) is 3. The highest BCUT2D eigenvalue weighted by molar-refractivity contribution is 7.99. The first-order valence-corrected chi connectivity index (χ1v) is 6.78. The lowest BCUT2D eigenvalue weighted by Crippen LogP contribution is -2.45. The maximum absolute atomic E-state index is 13.8. The number of rotatable bonds is 3. The summed E-state index contributed by atoms with van der Waals surface area (Å²) in [5.74, 6) is 0.543. The second-order valence-corrected chi connectivity index (χ2v) is 5.41. The number of carbonyl (C=O) groups is 1. The van der Waals surface area contributed by atoms with E-state index in [0.717, 1.165) is 10.1 Å². The maximum Gasteiger partial charge on any atom is 0.407 e. The van der Waals surface area contributed by atoms with E-state index in [1.54, 1.807) is 6.20 Å². The van der Waals surface area contributed by atoms with E-state index < -0.39 is 12.3 Å². The first-order valence-electron chi connectivity index (χ1n) is 5.80. The number of hydrogen-bond donors (Lipinski definition) is 1. The Labute approximate surface area is 109 Å². The number of piperidine rings is 1. The van der Waals surface area contributed by atoms with Crippen LogP contribution in [0.4, 0.5) is 9.18 Å². The van der Waals surface area contributed by atoms with Crippen molar-refractivity contribution in [3.63, 3.8) is 0 Å². The van der Waals surface area contributed by atoms with Gasteiger partial charge in [-0.1, -0.05) is 11.8 Å². The molecule has 2 rings (SSSR count). The van der Waals surface area contributed by atoms with Crippen molar-refractivity contribution in [3.8, 4) is 0 Å². The molecule has 0 aromatic carbocycles. The standard InChI is InChI=1S/C11H16FN3O2S/c1-14-5-3-13-10(14)18-7-8-2-4-15(11(16)17)6-9(8)12/h3,5,8-9H,2,4,6-7H2,1H3,(H,16,17)/t8-,9+/m0/s1. The van der Waals surface area contributed by atoms with E-state index >= 15 is 0 Å². The molecule has 2 atom stereocenters. The Kier molecular flexibility index (Phi) is 4.11. The molecule has 1 N–H and O–H groups in total. The maximum atomic E-state index is 13.8. The van der Waals surface area contributed by atoms with Crippen molar-refractivity contribution >= 4 is 17.9 Å². The molecule has 100 valence electrons. The van der Waals surface area contributed by atoms with Gasteiger partial charge in [-0.2, -0.15) is 0 Å². The van der Waals surface area contributed by atoms with E-state index in [2.05, 4.69) is 4.98 Å². The summed E-state index contributed by atoms with van der Waals surface area (Å²) in [5.41, 5.74) is 0. The first kappa shape index (κ1) is 13.2. The van der Waals surface area contributed by atoms with Crippen LogP contribution >= 0.6 is 11.8 Å². The molecule has 18 heavy (non-hydrogen) atoms. The molecule has 2 heterocycles. The largest absolute Gasteiger partial charge is 0.465 e. The van der Waals surface area contributed by atoms with Crippen LogP contribution in [0.2, 0.25) is 0 Å². The summed E-state index contributed by atoms with van der Waals surface area (Å²) >= 11 is 1.52. The van der Waals surface area contributed by atoms with Crippen molar-refractivity contribution in [2.24, 2.45) is 13.0 Å². The van der Waals surface area contributed by atoms with E-state index in [9.17, 15) is 9.18 Å². The lowest BCUT2D eigenvalue weighted by atomic mass is 9.97. The molecule has 0 bridgehead atoms. The van der Waals surface area contributed by atoms with E-state index in [4.69, 9.17) is 5.11 Å². The number of carboxylic acid groups (broad SMARTS) is 1. The Morgan fingerprint density at radius 1 is 1.72 bits per heavy atom. The minimum Gasteiger partial charge on any atom is -0.465 e. The van der Waals surface area contributed by atoms with Gasteiger partial charge in [0.1, 0.15) is 6.17 Å². The fourth-order valence-corrected chi connectivity index (χ4v) is 3.13. The van der Waals surface area contributed by atoms with Gasteiger partial charge in [0, 0.05) is 37.7 Å². The van der Waals surface area contributed by atoms with Crippen molar-refractivity contribution in [3.05, 3.63) is 12.4 Å². The minimum atomic E-state index is -1.08. The lowest BCUT2D eigenvalue weighted by Gasteiger charge is -2.32. The van der Waals surface area contributed by atoms with Gasteiger partial charge in [0.05, 0.1) is 6.54 Å². The van der Waals surface area contributed by atoms with Gasteiger partial charge in [0.2, 0.25) is 0 Å². The number of likely N-dealkylation sites (tertiary alicyclic amines) is 1. The monoisotopic (exact) mass is 273 g/mol. The van der Waals surface area contributed by atoms with Crippen LogP contribution in [0, 0.1) is 5.92 Å². The molecule has 7 heteroatoms. The van der Waals surface area contributed by atoms with Gasteiger partial charge < -0.3 is 14.6 Å². The Morgan fingerprint density at radius 3 is 3.06 bits per heavy atom. The molecule has 1 aliphatic rings. The average Bonchev–Trinajstić information content (AvgIpc) is 2.73. The fraction of sp³-hybridized carbons (Fsp3) is 0.636. The van der Waals surface area contributed by atoms with Gasteiger partial charge in [-0.25, -0.2) is 14.2 Å². The van der Waals surface area contributed by atoms with Crippen molar-refractivity contribution < 1.29 is 14.3 Å². The summed E-state index contributed by atoms with van der Waals surface area (Å²) in [7, 11) is 1.90. The van der Waals surface area contributed by atoms with Gasteiger partial charge in [0.15, 0.2) is 5.16 Å². The van der Waals surface area contributed by atoms with Gasteiger partial charge >= 0.3 is 6.09 Å². The summed E-state index contributed by atoms with van der Waals surface area (Å²) in [5, 5.41) is 9.66. The van der Waals surface area contributed by atoms with Crippen molar-refractivity contribution in [1.82, 2.24) is 14.5 Å². The third-order valence-corrected chi connectivity index (χ3v) is 4.40. The van der Waals surface area contributed by atoms with E-state index in [0.29, 0.717) is 18.7 Å². The molecule has 0 aliphatic carbocycles. The minimum absolute atomic E-state index is 0.0128.